The molecule has 0 saturated carbocycles. The number of methoxy groups -OCH3 is 1. The molecule has 0 spiro atoms. The van der Waals surface area contributed by atoms with Crippen LogP contribution in [0.5, 0.6) is 0 Å². The number of nitrogens with zero attached hydrogens (tertiary/aromatic N) is 4. The van der Waals surface area contributed by atoms with Crippen LogP contribution in [0.25, 0.3) is 0 Å². The van der Waals surface area contributed by atoms with E-state index in [2.05, 4.69) is 26.6 Å². The number of benzene rings is 1. The number of halogens is 3. The van der Waals surface area contributed by atoms with Crippen LogP contribution in [-0.4, -0.2) is 132 Å². The molecule has 1 aromatic carbocycles. The molecule has 3 aliphatic heterocycles. The van der Waals surface area contributed by atoms with Crippen molar-refractivity contribution < 1.29 is 42.3 Å². The number of nitro benzene ring substituents is 1. The molecule has 17 heteroatoms. The Bertz CT molecular complexity index is 1370. The van der Waals surface area contributed by atoms with Crippen molar-refractivity contribution in [3.05, 3.63) is 32.3 Å². The second-order valence-electron chi connectivity index (χ2n) is 13.7. The molecule has 3 saturated heterocycles. The Labute approximate surface area is 287 Å². The Balaban J connectivity index is 1.61. The molecule has 268 valence electrons. The SMILES string of the molecule is COCCN1CCC(NC(=O)[C@@H]2C[C@@H](Nc3c(C(=O)N4C[C@@H](C)O[C@@H](C)C4)cc(Br)cc3[N+](=O)[O-])CN2C(=O)OC(C)(C)C)C(F)(F)C1. The fourth-order valence-electron chi connectivity index (χ4n) is 6.35. The summed E-state index contributed by atoms with van der Waals surface area (Å²) in [6, 6.07) is -0.733. The van der Waals surface area contributed by atoms with Crippen molar-refractivity contribution in [2.75, 3.05) is 58.3 Å². The van der Waals surface area contributed by atoms with Gasteiger partial charge in [-0.2, -0.15) is 0 Å². The fourth-order valence-corrected chi connectivity index (χ4v) is 6.80. The van der Waals surface area contributed by atoms with Gasteiger partial charge >= 0.3 is 6.09 Å². The first kappa shape index (κ1) is 37.7. The van der Waals surface area contributed by atoms with E-state index in [1.165, 1.54) is 19.2 Å². The van der Waals surface area contributed by atoms with Crippen LogP contribution < -0.4 is 10.6 Å². The van der Waals surface area contributed by atoms with E-state index in [1.54, 1.807) is 30.6 Å². The smallest absolute Gasteiger partial charge is 0.411 e. The van der Waals surface area contributed by atoms with Gasteiger partial charge in [-0.1, -0.05) is 15.9 Å². The third-order valence-corrected chi connectivity index (χ3v) is 8.86. The molecule has 3 heterocycles. The first-order valence-electron chi connectivity index (χ1n) is 16.0. The molecule has 14 nitrogen and oxygen atoms in total. The van der Waals surface area contributed by atoms with Gasteiger partial charge in [0.2, 0.25) is 5.91 Å². The standard InChI is InChI=1S/C31H45BrF2N6O8/c1-18-14-38(15-19(2)47-18)28(42)22-11-20(32)12-23(40(44)45)26(22)35-21-13-24(39(16-21)29(43)48-30(3,4)5)27(41)36-25-7-8-37(9-10-46-6)17-31(25,33)34/h11-12,18-19,21,24-25,35H,7-10,13-17H2,1-6H3,(H,36,41)/t18-,19+,21-,24+,25?/m1/s1. The van der Waals surface area contributed by atoms with Gasteiger partial charge in [-0.05, 0) is 53.5 Å². The third-order valence-electron chi connectivity index (χ3n) is 8.40. The normalized spacial score (nSPS) is 26.2. The number of likely N-dealkylation sites (tertiary alicyclic amines) is 2. The minimum Gasteiger partial charge on any atom is -0.444 e. The Hall–Kier alpha value is -3.15. The number of nitro groups is 1. The summed E-state index contributed by atoms with van der Waals surface area (Å²) in [5, 5.41) is 17.8. The molecule has 5 atom stereocenters. The topological polar surface area (TPSA) is 156 Å². The predicted molar refractivity (Wildman–Crippen MR) is 175 cm³/mol. The van der Waals surface area contributed by atoms with Crippen LogP contribution in [0, 0.1) is 10.1 Å². The van der Waals surface area contributed by atoms with Gasteiger partial charge in [0.15, 0.2) is 0 Å². The first-order chi connectivity index (χ1) is 22.4. The largest absolute Gasteiger partial charge is 0.444 e. The molecule has 0 aliphatic carbocycles. The van der Waals surface area contributed by atoms with Crippen LogP contribution in [0.2, 0.25) is 0 Å². The first-order valence-corrected chi connectivity index (χ1v) is 16.8. The highest BCUT2D eigenvalue weighted by Gasteiger charge is 2.48. The summed E-state index contributed by atoms with van der Waals surface area (Å²) >= 11 is 3.28. The molecule has 3 amide bonds. The molecule has 3 aliphatic rings. The van der Waals surface area contributed by atoms with Crippen molar-refractivity contribution in [2.45, 2.75) is 89.3 Å². The van der Waals surface area contributed by atoms with Crippen LogP contribution in [0.15, 0.2) is 16.6 Å². The average Bonchev–Trinajstić information content (AvgIpc) is 3.40. The summed E-state index contributed by atoms with van der Waals surface area (Å²) in [6.45, 7) is 9.39. The molecule has 3 fully saturated rings. The van der Waals surface area contributed by atoms with E-state index in [1.807, 2.05) is 13.8 Å². The quantitative estimate of drug-likeness (QED) is 0.281. The summed E-state index contributed by atoms with van der Waals surface area (Å²) in [5.74, 6) is -4.49. The zero-order chi connectivity index (χ0) is 35.6. The third kappa shape index (κ3) is 9.30. The van der Waals surface area contributed by atoms with E-state index in [4.69, 9.17) is 14.2 Å². The number of piperidine rings is 1. The monoisotopic (exact) mass is 746 g/mol. The fraction of sp³-hybridized carbons (Fsp3) is 0.710. The number of alkyl halides is 2. The number of hydrogen-bond donors (Lipinski definition) is 2. The van der Waals surface area contributed by atoms with Gasteiger partial charge in [-0.3, -0.25) is 29.5 Å². The Morgan fingerprint density at radius 3 is 2.42 bits per heavy atom. The zero-order valence-electron chi connectivity index (χ0n) is 28.1. The molecular weight excluding hydrogens is 702 g/mol. The number of morpholine rings is 1. The molecule has 0 radical (unpaired) electrons. The van der Waals surface area contributed by atoms with E-state index in [0.29, 0.717) is 24.2 Å². The number of carbonyl (C=O) groups excluding carboxylic acids is 3. The molecule has 1 unspecified atom stereocenters. The molecule has 1 aromatic rings. The molecule has 0 aromatic heterocycles. The Kier molecular flexibility index (Phi) is 11.9. The van der Waals surface area contributed by atoms with Gasteiger partial charge in [0.05, 0.1) is 41.9 Å². The number of nitrogens with one attached hydrogen (secondary N) is 2. The number of anilines is 1. The molecule has 0 bridgehead atoms. The van der Waals surface area contributed by atoms with Crippen molar-refractivity contribution >= 4 is 45.2 Å². The van der Waals surface area contributed by atoms with Crippen LogP contribution in [0.3, 0.4) is 0 Å². The summed E-state index contributed by atoms with van der Waals surface area (Å²) in [4.78, 5) is 56.7. The van der Waals surface area contributed by atoms with Crippen LogP contribution in [-0.2, 0) is 19.0 Å². The van der Waals surface area contributed by atoms with Gasteiger partial charge < -0.3 is 29.7 Å². The van der Waals surface area contributed by atoms with Crippen LogP contribution >= 0.6 is 15.9 Å². The van der Waals surface area contributed by atoms with Gasteiger partial charge in [0.25, 0.3) is 17.5 Å². The molecule has 48 heavy (non-hydrogen) atoms. The number of hydrogen-bond acceptors (Lipinski definition) is 10. The molecular formula is C31H45BrF2N6O8. The second kappa shape index (κ2) is 15.2. The predicted octanol–water partition coefficient (Wildman–Crippen LogP) is 3.87. The zero-order valence-corrected chi connectivity index (χ0v) is 29.7. The highest BCUT2D eigenvalue weighted by atomic mass is 79.9. The van der Waals surface area contributed by atoms with Gasteiger partial charge in [-0.25, -0.2) is 13.6 Å². The minimum absolute atomic E-state index is 0.0153. The maximum atomic E-state index is 15.2. The lowest BCUT2D eigenvalue weighted by Gasteiger charge is -2.39. The Morgan fingerprint density at radius 1 is 1.17 bits per heavy atom. The van der Waals surface area contributed by atoms with Crippen molar-refractivity contribution in [1.82, 2.24) is 20.0 Å². The van der Waals surface area contributed by atoms with Gasteiger partial charge in [-0.15, -0.1) is 0 Å². The van der Waals surface area contributed by atoms with Crippen LogP contribution in [0.4, 0.5) is 25.0 Å². The van der Waals surface area contributed by atoms with Gasteiger partial charge in [0.1, 0.15) is 17.3 Å². The van der Waals surface area contributed by atoms with Gasteiger partial charge in [0, 0.05) is 56.4 Å². The van der Waals surface area contributed by atoms with Crippen LogP contribution in [0.1, 0.15) is 57.8 Å². The number of carbonyl (C=O) groups is 3. The Morgan fingerprint density at radius 2 is 1.83 bits per heavy atom. The summed E-state index contributed by atoms with van der Waals surface area (Å²) in [6.07, 6.45) is -1.45. The lowest BCUT2D eigenvalue weighted by Crippen LogP contribution is -2.60. The van der Waals surface area contributed by atoms with E-state index < -0.39 is 64.7 Å². The second-order valence-corrected chi connectivity index (χ2v) is 14.6. The summed E-state index contributed by atoms with van der Waals surface area (Å²) in [5.41, 5.74) is -1.37. The maximum absolute atomic E-state index is 15.2. The van der Waals surface area contributed by atoms with E-state index >= 15 is 8.78 Å². The summed E-state index contributed by atoms with van der Waals surface area (Å²) in [7, 11) is 1.49. The van der Waals surface area contributed by atoms with Crippen molar-refractivity contribution in [2.24, 2.45) is 0 Å². The number of amides is 3. The molecule has 2 N–H and O–H groups in total. The van der Waals surface area contributed by atoms with E-state index in [0.717, 1.165) is 4.90 Å². The number of rotatable bonds is 9. The minimum atomic E-state index is -3.24. The maximum Gasteiger partial charge on any atom is 0.411 e. The lowest BCUT2D eigenvalue weighted by atomic mass is 9.99. The average molecular weight is 748 g/mol. The highest BCUT2D eigenvalue weighted by Crippen LogP contribution is 2.36. The van der Waals surface area contributed by atoms with E-state index in [-0.39, 0.29) is 55.9 Å². The van der Waals surface area contributed by atoms with Crippen molar-refractivity contribution in [3.8, 4) is 0 Å². The summed E-state index contributed by atoms with van der Waals surface area (Å²) < 4.78 is 47.0. The molecule has 4 rings (SSSR count). The number of ether oxygens (including phenoxy) is 3. The highest BCUT2D eigenvalue weighted by molar-refractivity contribution is 9.10. The lowest BCUT2D eigenvalue weighted by molar-refractivity contribution is -0.384. The van der Waals surface area contributed by atoms with Crippen molar-refractivity contribution in [3.63, 3.8) is 0 Å². The van der Waals surface area contributed by atoms with Crippen molar-refractivity contribution in [1.29, 1.82) is 0 Å². The van der Waals surface area contributed by atoms with E-state index in [9.17, 15) is 24.5 Å².